The third-order valence-electron chi connectivity index (χ3n) is 27.1. The number of nitrogens with zero attached hydrogens (tertiary/aromatic N) is 4. The Hall–Kier alpha value is -13.9. The van der Waals surface area contributed by atoms with Crippen molar-refractivity contribution in [3.8, 4) is 23.0 Å². The molecule has 6 aliphatic rings. The number of likely N-dealkylation sites (N-methyl/N-ethyl adjacent to an activating group) is 2. The zero-order valence-electron chi connectivity index (χ0n) is 75.8. The van der Waals surface area contributed by atoms with E-state index in [2.05, 4.69) is 21.3 Å². The van der Waals surface area contributed by atoms with Crippen LogP contribution in [-0.2, 0) is 52.9 Å². The molecule has 0 atom stereocenters. The number of anilines is 6. The van der Waals surface area contributed by atoms with Crippen LogP contribution in [0, 0.1) is 37.5 Å². The van der Waals surface area contributed by atoms with Crippen molar-refractivity contribution >= 4 is 136 Å². The van der Waals surface area contributed by atoms with E-state index in [4.69, 9.17) is 41.9 Å². The van der Waals surface area contributed by atoms with Crippen molar-refractivity contribution < 1.29 is 66.9 Å². The van der Waals surface area contributed by atoms with Gasteiger partial charge in [0.05, 0.1) is 42.9 Å². The zero-order chi connectivity index (χ0) is 93.6. The SMILES string of the molecule is CCN(C(=O)Cn1c(C(=O)CC2CCC(C(=O)NCCCCCCNC(=O)c3ccc4c(c3)C(=O)OC43c4ccc(N)cc4Oc4cc(N)ccc43)CC2)cc2sccc21)c1cccc(C)c1.CCN(C(=O)Cn1c(C(=O)CC2CCC(C(=O)NCCCCCCNC(=O)c3ccc4c(c3)C3(OC4=O)c4ccc(N)cc4Oc4cc(N)ccc43)CC2)cc2sccc21)c1cccc(C)c1. The Morgan fingerprint density at radius 1 is 0.403 bits per heavy atom. The van der Waals surface area contributed by atoms with Gasteiger partial charge in [0.2, 0.25) is 23.6 Å². The van der Waals surface area contributed by atoms with Gasteiger partial charge in [-0.1, -0.05) is 56.0 Å². The van der Waals surface area contributed by atoms with Crippen LogP contribution >= 0.6 is 22.7 Å². The average Bonchev–Trinajstić information content (AvgIpc) is 1.52. The number of benzene rings is 8. The number of nitrogens with one attached hydrogen (secondary N) is 4. The second kappa shape index (κ2) is 39.9. The number of nitrogens with two attached hydrogens (primary N) is 4. The highest BCUT2D eigenvalue weighted by Crippen LogP contribution is 2.59. The molecule has 6 amide bonds. The molecule has 8 aromatic carbocycles. The first-order valence-corrected chi connectivity index (χ1v) is 48.4. The van der Waals surface area contributed by atoms with Gasteiger partial charge in [-0.25, -0.2) is 9.59 Å². The first kappa shape index (κ1) is 92.0. The van der Waals surface area contributed by atoms with Crippen LogP contribution in [-0.4, -0.2) is 107 Å². The minimum absolute atomic E-state index is 0.0398. The fourth-order valence-corrected chi connectivity index (χ4v) is 21.8. The quantitative estimate of drug-likeness (QED) is 0.00840. The smallest absolute Gasteiger partial charge is 0.340 e. The number of aromatic nitrogens is 2. The maximum atomic E-state index is 13.8. The molecule has 0 bridgehead atoms. The van der Waals surface area contributed by atoms with Crippen LogP contribution in [0.4, 0.5) is 34.1 Å². The molecule has 2 spiro atoms. The third kappa shape index (κ3) is 19.0. The molecule has 0 radical (unpaired) electrons. The third-order valence-corrected chi connectivity index (χ3v) is 28.8. The molecule has 18 rings (SSSR count). The summed E-state index contributed by atoms with van der Waals surface area (Å²) in [5.41, 5.74) is 35.5. The standard InChI is InChI=1S/2C53H56N6O7S/c1-3-58(38-10-8-9-32(2)25-38)49(61)31-59-43-21-24-67-48(43)30-44(59)45(60)26-33-11-13-34(14-12-33)50(62)56-22-6-4-5-7-23-57-51(63)35-15-18-40-39(27-35)52(64)66-53(40)41-19-16-36(54)28-46(41)65-47-29-37(55)17-20-42(47)53;1-3-58(38-10-8-9-32(2)25-38)49(61)31-59-43-21-24-67-48(43)30-44(59)45(60)26-33-11-13-34(14-12-33)50(62)56-22-6-4-5-7-23-57-51(63)35-15-18-39-42(27-35)53(66-52(39)64)40-19-16-36(54)28-46(40)65-47-29-37(55)17-20-41(47)53/h2*8-10,15-21,24-25,27-30,33-34H,3-7,11-14,22-23,26,31,54-55H2,1-2H3,(H,56,62)(H,57,63). The van der Waals surface area contributed by atoms with Crippen LogP contribution < -0.4 is 63.5 Å². The lowest BCUT2D eigenvalue weighted by Gasteiger charge is -2.36. The van der Waals surface area contributed by atoms with Crippen molar-refractivity contribution in [3.05, 3.63) is 271 Å². The van der Waals surface area contributed by atoms with Crippen LogP contribution in [0.25, 0.3) is 20.4 Å². The molecule has 4 aliphatic heterocycles. The molecule has 26 nitrogen and oxygen atoms in total. The molecule has 8 heterocycles. The summed E-state index contributed by atoms with van der Waals surface area (Å²) in [6, 6.07) is 54.5. The van der Waals surface area contributed by atoms with Crippen molar-refractivity contribution in [1.82, 2.24) is 30.4 Å². The minimum Gasteiger partial charge on any atom is -0.456 e. The summed E-state index contributed by atoms with van der Waals surface area (Å²) < 4.78 is 30.5. The summed E-state index contributed by atoms with van der Waals surface area (Å²) in [6.45, 7) is 11.3. The molecule has 2 aliphatic carbocycles. The number of Topliss-reactive ketones (excluding diaryl/α,β-unsaturated/α-hetero) is 2. The Morgan fingerprint density at radius 3 is 1.18 bits per heavy atom. The van der Waals surface area contributed by atoms with E-state index in [9.17, 15) is 47.9 Å². The molecule has 0 saturated heterocycles. The van der Waals surface area contributed by atoms with Crippen LogP contribution in [0.2, 0.25) is 0 Å². The number of nitrogen functional groups attached to an aromatic ring is 4. The fourth-order valence-electron chi connectivity index (χ4n) is 20.1. The van der Waals surface area contributed by atoms with Crippen LogP contribution in [0.5, 0.6) is 23.0 Å². The topological polar surface area (TPSA) is 376 Å². The van der Waals surface area contributed by atoms with Gasteiger partial charge >= 0.3 is 11.9 Å². The van der Waals surface area contributed by atoms with Gasteiger partial charge in [-0.3, -0.25) is 38.4 Å². The molecular weight excluding hydrogens is 1730 g/mol. The summed E-state index contributed by atoms with van der Waals surface area (Å²) in [5, 5.41) is 16.2. The number of amides is 6. The fraction of sp³-hybridized carbons (Fsp3) is 0.340. The Kier molecular flexibility index (Phi) is 27.4. The van der Waals surface area contributed by atoms with E-state index in [1.165, 1.54) is 0 Å². The number of fused-ring (bicyclic) bond motifs is 14. The summed E-state index contributed by atoms with van der Waals surface area (Å²) in [6.07, 6.45) is 13.7. The molecule has 12 N–H and O–H groups in total. The number of carbonyl (C=O) groups is 10. The monoisotopic (exact) mass is 1840 g/mol. The van der Waals surface area contributed by atoms with Gasteiger partial charge in [0.1, 0.15) is 36.1 Å². The Morgan fingerprint density at radius 2 is 0.776 bits per heavy atom. The van der Waals surface area contributed by atoms with Crippen molar-refractivity contribution in [3.63, 3.8) is 0 Å². The van der Waals surface area contributed by atoms with Gasteiger partial charge in [-0.05, 0) is 266 Å². The van der Waals surface area contributed by atoms with Gasteiger partial charge in [0.15, 0.2) is 22.8 Å². The first-order chi connectivity index (χ1) is 64.9. The Bertz CT molecular complexity index is 6460. The number of carbonyl (C=O) groups excluding carboxylic acids is 10. The van der Waals surface area contributed by atoms with Crippen LogP contribution in [0.3, 0.4) is 0 Å². The number of hydrogen-bond donors (Lipinski definition) is 8. The van der Waals surface area contributed by atoms with Crippen molar-refractivity contribution in [2.24, 2.45) is 23.7 Å². The average molecular weight is 1840 g/mol. The molecule has 134 heavy (non-hydrogen) atoms. The summed E-state index contributed by atoms with van der Waals surface area (Å²) in [7, 11) is 0. The van der Waals surface area contributed by atoms with E-state index >= 15 is 0 Å². The maximum Gasteiger partial charge on any atom is 0.340 e. The zero-order valence-corrected chi connectivity index (χ0v) is 77.4. The summed E-state index contributed by atoms with van der Waals surface area (Å²) in [4.78, 5) is 138. The van der Waals surface area contributed by atoms with Gasteiger partial charge in [-0.2, -0.15) is 0 Å². The van der Waals surface area contributed by atoms with Gasteiger partial charge in [-0.15, -0.1) is 22.7 Å². The van der Waals surface area contributed by atoms with Gasteiger partial charge in [0.25, 0.3) is 11.8 Å². The van der Waals surface area contributed by atoms with Crippen LogP contribution in [0.15, 0.2) is 193 Å². The lowest BCUT2D eigenvalue weighted by Crippen LogP contribution is -2.35. The lowest BCUT2D eigenvalue weighted by molar-refractivity contribution is -0.127. The number of rotatable bonds is 32. The van der Waals surface area contributed by atoms with E-state index in [1.807, 2.05) is 120 Å². The molecule has 2 fully saturated rings. The molecule has 4 aromatic heterocycles. The van der Waals surface area contributed by atoms with Crippen molar-refractivity contribution in [2.45, 2.75) is 168 Å². The van der Waals surface area contributed by atoms with Crippen molar-refractivity contribution in [2.75, 3.05) is 72.0 Å². The molecular formula is C106H112N12O14S2. The predicted octanol–water partition coefficient (Wildman–Crippen LogP) is 18.6. The summed E-state index contributed by atoms with van der Waals surface area (Å²) in [5.74, 6) is 0.549. The maximum absolute atomic E-state index is 13.8. The Labute approximate surface area is 785 Å². The largest absolute Gasteiger partial charge is 0.456 e. The highest BCUT2D eigenvalue weighted by atomic mass is 32.1. The minimum atomic E-state index is -1.35. The van der Waals surface area contributed by atoms with Crippen LogP contribution in [0.1, 0.15) is 236 Å². The molecule has 12 aromatic rings. The lowest BCUT2D eigenvalue weighted by atomic mass is 9.77. The van der Waals surface area contributed by atoms with E-state index in [1.54, 1.807) is 142 Å². The highest BCUT2D eigenvalue weighted by molar-refractivity contribution is 7.17. The van der Waals surface area contributed by atoms with Gasteiger partial charge in [0, 0.05) is 167 Å². The van der Waals surface area contributed by atoms with Crippen molar-refractivity contribution in [1.29, 1.82) is 0 Å². The molecule has 0 unspecified atom stereocenters. The van der Waals surface area contributed by atoms with E-state index in [0.29, 0.717) is 165 Å². The van der Waals surface area contributed by atoms with E-state index in [0.717, 1.165) is 146 Å². The Balaban J connectivity index is 0.000000187. The number of esters is 2. The molecule has 692 valence electrons. The van der Waals surface area contributed by atoms with Gasteiger partial charge < -0.3 is 82.1 Å². The van der Waals surface area contributed by atoms with E-state index < -0.39 is 23.1 Å². The predicted molar refractivity (Wildman–Crippen MR) is 521 cm³/mol. The molecule has 28 heteroatoms. The highest BCUT2D eigenvalue weighted by Gasteiger charge is 2.56. The number of ether oxygens (including phenoxy) is 4. The van der Waals surface area contributed by atoms with E-state index in [-0.39, 0.29) is 83.8 Å². The number of hydrogen-bond acceptors (Lipinski definition) is 20. The second-order valence-electron chi connectivity index (χ2n) is 36.0. The number of unbranched alkanes of at least 4 members (excludes halogenated alkanes) is 6. The second-order valence-corrected chi connectivity index (χ2v) is 37.9. The molecule has 2 saturated carbocycles. The summed E-state index contributed by atoms with van der Waals surface area (Å²) >= 11 is 3.14. The number of ketones is 2. The number of aryl methyl sites for hydroxylation is 2. The first-order valence-electron chi connectivity index (χ1n) is 46.6. The number of thiophene rings is 2. The normalized spacial score (nSPS) is 16.7.